The Morgan fingerprint density at radius 1 is 1.40 bits per heavy atom. The van der Waals surface area contributed by atoms with E-state index in [0.29, 0.717) is 6.54 Å². The van der Waals surface area contributed by atoms with Crippen LogP contribution in [-0.4, -0.2) is 54.6 Å². The van der Waals surface area contributed by atoms with Gasteiger partial charge in [-0.05, 0) is 19.4 Å². The maximum absolute atomic E-state index is 11.9. The minimum absolute atomic E-state index is 0.152. The molecule has 0 unspecified atom stereocenters. The van der Waals surface area contributed by atoms with Crippen molar-refractivity contribution in [2.45, 2.75) is 26.3 Å². The summed E-state index contributed by atoms with van der Waals surface area (Å²) in [5, 5.41) is 3.02. The highest BCUT2D eigenvalue weighted by atomic mass is 16.2. The molecule has 1 amide bonds. The summed E-state index contributed by atoms with van der Waals surface area (Å²) in [4.78, 5) is 23.9. The van der Waals surface area contributed by atoms with Crippen LogP contribution in [0.3, 0.4) is 0 Å². The molecule has 6 heteroatoms. The molecule has 0 saturated carbocycles. The van der Waals surface area contributed by atoms with Gasteiger partial charge in [-0.25, -0.2) is 9.97 Å². The van der Waals surface area contributed by atoms with Crippen molar-refractivity contribution in [2.24, 2.45) is 0 Å². The van der Waals surface area contributed by atoms with Crippen LogP contribution in [0.2, 0.25) is 0 Å². The molecule has 0 aromatic carbocycles. The highest BCUT2D eigenvalue weighted by molar-refractivity contribution is 5.77. The Hall–Kier alpha value is -1.69. The number of nitrogens with one attached hydrogen (secondary N) is 2. The Balaban J connectivity index is 1.76. The molecule has 110 valence electrons. The molecule has 1 aromatic rings. The number of aromatic nitrogens is 2. The number of piperazine rings is 1. The van der Waals surface area contributed by atoms with Gasteiger partial charge in [0.2, 0.25) is 5.95 Å². The molecule has 1 saturated heterocycles. The van der Waals surface area contributed by atoms with E-state index in [-0.39, 0.29) is 11.9 Å². The number of nitrogens with zero attached hydrogens (tertiary/aromatic N) is 3. The van der Waals surface area contributed by atoms with Crippen molar-refractivity contribution in [1.29, 1.82) is 0 Å². The number of rotatable bonds is 5. The Kier molecular flexibility index (Phi) is 5.29. The first kappa shape index (κ1) is 14.7. The largest absolute Gasteiger partial charge is 0.349 e. The molecule has 0 aliphatic carbocycles. The van der Waals surface area contributed by atoms with Crippen molar-refractivity contribution >= 4 is 11.9 Å². The topological polar surface area (TPSA) is 62.6 Å². The van der Waals surface area contributed by atoms with E-state index in [9.17, 15) is 4.79 Å². The number of quaternary nitrogens is 1. The van der Waals surface area contributed by atoms with Gasteiger partial charge in [-0.15, -0.1) is 0 Å². The second kappa shape index (κ2) is 7.19. The van der Waals surface area contributed by atoms with E-state index in [1.54, 1.807) is 12.4 Å². The molecule has 6 nitrogen and oxygen atoms in total. The molecule has 1 atom stereocenters. The summed E-state index contributed by atoms with van der Waals surface area (Å²) in [6, 6.07) is 2.09. The zero-order valence-electron chi connectivity index (χ0n) is 12.3. The molecule has 1 aliphatic rings. The van der Waals surface area contributed by atoms with E-state index in [1.165, 1.54) is 4.90 Å². The van der Waals surface area contributed by atoms with Crippen molar-refractivity contribution in [3.05, 3.63) is 18.5 Å². The number of amides is 1. The van der Waals surface area contributed by atoms with Gasteiger partial charge >= 0.3 is 0 Å². The Bertz CT molecular complexity index is 417. The Labute approximate surface area is 120 Å². The summed E-state index contributed by atoms with van der Waals surface area (Å²) in [5.41, 5.74) is 0. The molecule has 2 N–H and O–H groups in total. The van der Waals surface area contributed by atoms with Gasteiger partial charge in [0, 0.05) is 18.4 Å². The van der Waals surface area contributed by atoms with Gasteiger partial charge < -0.3 is 15.1 Å². The smallest absolute Gasteiger partial charge is 0.275 e. The summed E-state index contributed by atoms with van der Waals surface area (Å²) in [5.74, 6) is 0.939. The third kappa shape index (κ3) is 4.16. The average molecular weight is 278 g/mol. The van der Waals surface area contributed by atoms with E-state index in [0.717, 1.165) is 38.5 Å². The first-order valence-electron chi connectivity index (χ1n) is 7.34. The van der Waals surface area contributed by atoms with E-state index in [1.807, 2.05) is 13.0 Å². The monoisotopic (exact) mass is 278 g/mol. The lowest BCUT2D eigenvalue weighted by molar-refractivity contribution is -0.892. The average Bonchev–Trinajstić information content (AvgIpc) is 2.48. The second-order valence-corrected chi connectivity index (χ2v) is 5.34. The fourth-order valence-corrected chi connectivity index (χ4v) is 2.31. The van der Waals surface area contributed by atoms with Crippen LogP contribution in [0.1, 0.15) is 20.3 Å². The lowest BCUT2D eigenvalue weighted by atomic mass is 10.2. The van der Waals surface area contributed by atoms with Crippen LogP contribution in [-0.2, 0) is 4.79 Å². The van der Waals surface area contributed by atoms with E-state index >= 15 is 0 Å². The van der Waals surface area contributed by atoms with E-state index in [2.05, 4.69) is 27.1 Å². The maximum Gasteiger partial charge on any atom is 0.275 e. The van der Waals surface area contributed by atoms with Crippen molar-refractivity contribution < 1.29 is 9.69 Å². The first-order chi connectivity index (χ1) is 9.69. The van der Waals surface area contributed by atoms with Crippen molar-refractivity contribution in [3.8, 4) is 0 Å². The van der Waals surface area contributed by atoms with Crippen molar-refractivity contribution in [3.63, 3.8) is 0 Å². The number of carbonyl (C=O) groups is 1. The molecule has 2 heterocycles. The van der Waals surface area contributed by atoms with Crippen LogP contribution in [0.15, 0.2) is 18.5 Å². The lowest BCUT2D eigenvalue weighted by Gasteiger charge is -2.31. The summed E-state index contributed by atoms with van der Waals surface area (Å²) in [6.45, 7) is 8.38. The third-order valence-electron chi connectivity index (χ3n) is 3.74. The normalized spacial score (nSPS) is 17.8. The minimum atomic E-state index is 0.152. The molecule has 1 aliphatic heterocycles. The Morgan fingerprint density at radius 3 is 2.65 bits per heavy atom. The predicted molar refractivity (Wildman–Crippen MR) is 77.7 cm³/mol. The van der Waals surface area contributed by atoms with Crippen LogP contribution < -0.4 is 15.1 Å². The number of hydrogen-bond donors (Lipinski definition) is 2. The summed E-state index contributed by atoms with van der Waals surface area (Å²) in [7, 11) is 0. The van der Waals surface area contributed by atoms with Crippen LogP contribution >= 0.6 is 0 Å². The third-order valence-corrected chi connectivity index (χ3v) is 3.74. The molecule has 1 fully saturated rings. The summed E-state index contributed by atoms with van der Waals surface area (Å²) < 4.78 is 0. The molecule has 2 rings (SSSR count). The molecule has 20 heavy (non-hydrogen) atoms. The van der Waals surface area contributed by atoms with Crippen molar-refractivity contribution in [1.82, 2.24) is 15.3 Å². The standard InChI is InChI=1S/C14H23N5O/c1-3-12(2)17-13(20)11-18-7-9-19(10-8-18)14-15-5-4-6-16-14/h4-6,12H,3,7-11H2,1-2H3,(H,17,20)/p+1/t12-/m0/s1. The molecule has 0 radical (unpaired) electrons. The number of hydrogen-bond acceptors (Lipinski definition) is 4. The highest BCUT2D eigenvalue weighted by Crippen LogP contribution is 2.03. The van der Waals surface area contributed by atoms with Crippen molar-refractivity contribution in [2.75, 3.05) is 37.6 Å². The van der Waals surface area contributed by atoms with Gasteiger partial charge in [0.1, 0.15) is 0 Å². The number of anilines is 1. The Morgan fingerprint density at radius 2 is 2.05 bits per heavy atom. The van der Waals surface area contributed by atoms with Gasteiger partial charge in [-0.2, -0.15) is 0 Å². The number of carbonyl (C=O) groups excluding carboxylic acids is 1. The zero-order valence-corrected chi connectivity index (χ0v) is 12.3. The fraction of sp³-hybridized carbons (Fsp3) is 0.643. The molecule has 0 spiro atoms. The van der Waals surface area contributed by atoms with Crippen LogP contribution in [0.25, 0.3) is 0 Å². The van der Waals surface area contributed by atoms with E-state index < -0.39 is 0 Å². The van der Waals surface area contributed by atoms with Crippen LogP contribution in [0.4, 0.5) is 5.95 Å². The fourth-order valence-electron chi connectivity index (χ4n) is 2.31. The highest BCUT2D eigenvalue weighted by Gasteiger charge is 2.23. The first-order valence-corrected chi connectivity index (χ1v) is 7.34. The van der Waals surface area contributed by atoms with Crippen LogP contribution in [0.5, 0.6) is 0 Å². The van der Waals surface area contributed by atoms with Gasteiger partial charge in [0.05, 0.1) is 26.2 Å². The molecule has 1 aromatic heterocycles. The van der Waals surface area contributed by atoms with Gasteiger partial charge in [0.25, 0.3) is 5.91 Å². The van der Waals surface area contributed by atoms with Gasteiger partial charge in [-0.1, -0.05) is 6.92 Å². The quantitative estimate of drug-likeness (QED) is 0.732. The van der Waals surface area contributed by atoms with Gasteiger partial charge in [0.15, 0.2) is 6.54 Å². The molecular weight excluding hydrogens is 254 g/mol. The molecule has 0 bridgehead atoms. The van der Waals surface area contributed by atoms with Gasteiger partial charge in [-0.3, -0.25) is 4.79 Å². The maximum atomic E-state index is 11.9. The second-order valence-electron chi connectivity index (χ2n) is 5.34. The molecular formula is C14H24N5O+. The van der Waals surface area contributed by atoms with E-state index in [4.69, 9.17) is 0 Å². The lowest BCUT2D eigenvalue weighted by Crippen LogP contribution is -3.16. The summed E-state index contributed by atoms with van der Waals surface area (Å²) >= 11 is 0. The van der Waals surface area contributed by atoms with Crippen LogP contribution in [0, 0.1) is 0 Å². The SMILES string of the molecule is CC[C@H](C)NC(=O)C[NH+]1CCN(c2ncccn2)CC1. The predicted octanol–water partition coefficient (Wildman–Crippen LogP) is -0.904. The minimum Gasteiger partial charge on any atom is -0.349 e. The zero-order chi connectivity index (χ0) is 14.4. The summed E-state index contributed by atoms with van der Waals surface area (Å²) in [6.07, 6.45) is 4.50.